The van der Waals surface area contributed by atoms with Crippen LogP contribution in [0.2, 0.25) is 0 Å². The molecule has 1 fully saturated rings. The van der Waals surface area contributed by atoms with Crippen molar-refractivity contribution >= 4 is 0 Å². The SMILES string of the molecule is OC(CC1CC(F)(F)C1)C(F)(F)F. The van der Waals surface area contributed by atoms with E-state index in [1.807, 2.05) is 0 Å². The summed E-state index contributed by atoms with van der Waals surface area (Å²) in [6.45, 7) is 0. The lowest BCUT2D eigenvalue weighted by Gasteiger charge is -2.36. The van der Waals surface area contributed by atoms with Crippen LogP contribution in [0.15, 0.2) is 0 Å². The predicted molar refractivity (Wildman–Crippen MR) is 34.3 cm³/mol. The van der Waals surface area contributed by atoms with E-state index >= 15 is 0 Å². The third-order valence-corrected chi connectivity index (χ3v) is 2.11. The molecule has 0 heterocycles. The van der Waals surface area contributed by atoms with Crippen molar-refractivity contribution in [3.05, 3.63) is 0 Å². The zero-order chi connectivity index (χ0) is 10.3. The number of hydrogen-bond acceptors (Lipinski definition) is 1. The van der Waals surface area contributed by atoms with Gasteiger partial charge in [-0.2, -0.15) is 13.2 Å². The first kappa shape index (κ1) is 10.7. The van der Waals surface area contributed by atoms with Gasteiger partial charge in [-0.1, -0.05) is 0 Å². The van der Waals surface area contributed by atoms with Crippen LogP contribution in [-0.2, 0) is 0 Å². The first-order chi connectivity index (χ1) is 5.71. The van der Waals surface area contributed by atoms with E-state index in [1.54, 1.807) is 0 Å². The van der Waals surface area contributed by atoms with Crippen molar-refractivity contribution < 1.29 is 27.1 Å². The number of alkyl halides is 5. The van der Waals surface area contributed by atoms with Crippen LogP contribution in [0.5, 0.6) is 0 Å². The van der Waals surface area contributed by atoms with Crippen molar-refractivity contribution in [2.45, 2.75) is 37.5 Å². The molecule has 1 N–H and O–H groups in total. The van der Waals surface area contributed by atoms with E-state index in [-0.39, 0.29) is 0 Å². The lowest BCUT2D eigenvalue weighted by Crippen LogP contribution is -2.40. The lowest BCUT2D eigenvalue weighted by atomic mass is 9.78. The van der Waals surface area contributed by atoms with Crippen LogP contribution >= 0.6 is 0 Å². The molecule has 0 saturated heterocycles. The molecule has 13 heavy (non-hydrogen) atoms. The topological polar surface area (TPSA) is 20.2 Å². The molecule has 0 aliphatic heterocycles. The maximum Gasteiger partial charge on any atom is 0.414 e. The Balaban J connectivity index is 2.28. The molecule has 1 unspecified atom stereocenters. The minimum absolute atomic E-state index is 0.542. The number of aliphatic hydroxyl groups is 1. The van der Waals surface area contributed by atoms with Crippen LogP contribution < -0.4 is 0 Å². The summed E-state index contributed by atoms with van der Waals surface area (Å²) in [5.41, 5.74) is 0. The molecule has 78 valence electrons. The molecule has 0 aromatic heterocycles. The minimum Gasteiger partial charge on any atom is -0.384 e. The van der Waals surface area contributed by atoms with Gasteiger partial charge in [-0.05, 0) is 12.3 Å². The van der Waals surface area contributed by atoms with Crippen LogP contribution in [0, 0.1) is 5.92 Å². The summed E-state index contributed by atoms with van der Waals surface area (Å²) < 4.78 is 59.5. The third-order valence-electron chi connectivity index (χ3n) is 2.11. The molecular formula is C7H9F5O. The van der Waals surface area contributed by atoms with Crippen LogP contribution in [0.25, 0.3) is 0 Å². The van der Waals surface area contributed by atoms with Crippen LogP contribution in [0.3, 0.4) is 0 Å². The molecule has 0 aromatic carbocycles. The highest BCUT2D eigenvalue weighted by Gasteiger charge is 2.49. The second-order valence-electron chi connectivity index (χ2n) is 3.42. The van der Waals surface area contributed by atoms with E-state index < -0.39 is 43.4 Å². The molecule has 6 heteroatoms. The van der Waals surface area contributed by atoms with E-state index in [1.165, 1.54) is 0 Å². The fraction of sp³-hybridized carbons (Fsp3) is 1.00. The number of aliphatic hydroxyl groups excluding tert-OH is 1. The normalized spacial score (nSPS) is 25.4. The molecule has 0 amide bonds. The van der Waals surface area contributed by atoms with Gasteiger partial charge >= 0.3 is 6.18 Å². The Morgan fingerprint density at radius 3 is 2.08 bits per heavy atom. The zero-order valence-corrected chi connectivity index (χ0v) is 6.61. The molecule has 1 aliphatic carbocycles. The molecule has 0 aromatic rings. The summed E-state index contributed by atoms with van der Waals surface area (Å²) in [6, 6.07) is 0. The maximum absolute atomic E-state index is 12.2. The van der Waals surface area contributed by atoms with E-state index in [4.69, 9.17) is 5.11 Å². The second kappa shape index (κ2) is 3.08. The van der Waals surface area contributed by atoms with Crippen molar-refractivity contribution in [1.29, 1.82) is 0 Å². The van der Waals surface area contributed by atoms with Crippen molar-refractivity contribution in [3.63, 3.8) is 0 Å². The van der Waals surface area contributed by atoms with E-state index in [0.29, 0.717) is 0 Å². The number of hydrogen-bond donors (Lipinski definition) is 1. The smallest absolute Gasteiger partial charge is 0.384 e. The Hall–Kier alpha value is -0.390. The predicted octanol–water partition coefficient (Wildman–Crippen LogP) is 2.34. The van der Waals surface area contributed by atoms with Gasteiger partial charge in [0.2, 0.25) is 5.92 Å². The van der Waals surface area contributed by atoms with Crippen LogP contribution in [0.1, 0.15) is 19.3 Å². The highest BCUT2D eigenvalue weighted by Crippen LogP contribution is 2.45. The Labute approximate surface area is 71.5 Å². The Kier molecular flexibility index (Phi) is 2.53. The number of rotatable bonds is 2. The molecule has 1 aliphatic rings. The van der Waals surface area contributed by atoms with E-state index in [0.717, 1.165) is 0 Å². The molecule has 1 atom stereocenters. The highest BCUT2D eigenvalue weighted by atomic mass is 19.4. The Morgan fingerprint density at radius 1 is 1.31 bits per heavy atom. The fourth-order valence-corrected chi connectivity index (χ4v) is 1.40. The first-order valence-electron chi connectivity index (χ1n) is 3.83. The lowest BCUT2D eigenvalue weighted by molar-refractivity contribution is -0.218. The highest BCUT2D eigenvalue weighted by molar-refractivity contribution is 4.88. The second-order valence-corrected chi connectivity index (χ2v) is 3.42. The summed E-state index contributed by atoms with van der Waals surface area (Å²) in [7, 11) is 0. The van der Waals surface area contributed by atoms with Gasteiger partial charge in [-0.3, -0.25) is 0 Å². The Morgan fingerprint density at radius 2 is 1.77 bits per heavy atom. The van der Waals surface area contributed by atoms with Gasteiger partial charge in [0.25, 0.3) is 0 Å². The average molecular weight is 204 g/mol. The van der Waals surface area contributed by atoms with Gasteiger partial charge in [0, 0.05) is 12.8 Å². The molecule has 0 spiro atoms. The average Bonchev–Trinajstić information content (AvgIpc) is 1.80. The summed E-state index contributed by atoms with van der Waals surface area (Å²) >= 11 is 0. The summed E-state index contributed by atoms with van der Waals surface area (Å²) in [6.07, 6.45) is -8.85. The monoisotopic (exact) mass is 204 g/mol. The Bertz CT molecular complexity index is 180. The van der Waals surface area contributed by atoms with Crippen LogP contribution in [0.4, 0.5) is 22.0 Å². The molecular weight excluding hydrogens is 195 g/mol. The van der Waals surface area contributed by atoms with Crippen molar-refractivity contribution in [3.8, 4) is 0 Å². The van der Waals surface area contributed by atoms with Crippen molar-refractivity contribution in [1.82, 2.24) is 0 Å². The van der Waals surface area contributed by atoms with Crippen molar-refractivity contribution in [2.75, 3.05) is 0 Å². The fourth-order valence-electron chi connectivity index (χ4n) is 1.40. The zero-order valence-electron chi connectivity index (χ0n) is 6.61. The standard InChI is InChI=1S/C7H9F5O/c8-6(9)2-4(3-6)1-5(13)7(10,11)12/h4-5,13H,1-3H2. The summed E-state index contributed by atoms with van der Waals surface area (Å²) in [5, 5.41) is 8.52. The molecule has 1 saturated carbocycles. The van der Waals surface area contributed by atoms with Crippen molar-refractivity contribution in [2.24, 2.45) is 5.92 Å². The largest absolute Gasteiger partial charge is 0.414 e. The van der Waals surface area contributed by atoms with Gasteiger partial charge in [0.1, 0.15) is 6.10 Å². The van der Waals surface area contributed by atoms with Gasteiger partial charge in [-0.25, -0.2) is 8.78 Å². The summed E-state index contributed by atoms with van der Waals surface area (Å²) in [4.78, 5) is 0. The first-order valence-corrected chi connectivity index (χ1v) is 3.83. The van der Waals surface area contributed by atoms with Gasteiger partial charge < -0.3 is 5.11 Å². The molecule has 1 nitrogen and oxygen atoms in total. The van der Waals surface area contributed by atoms with E-state index in [9.17, 15) is 22.0 Å². The number of halogens is 5. The summed E-state index contributed by atoms with van der Waals surface area (Å²) in [5.74, 6) is -3.53. The minimum atomic E-state index is -4.69. The van der Waals surface area contributed by atoms with Gasteiger partial charge in [0.15, 0.2) is 0 Å². The third kappa shape index (κ3) is 2.79. The van der Waals surface area contributed by atoms with E-state index in [2.05, 4.69) is 0 Å². The van der Waals surface area contributed by atoms with Crippen LogP contribution in [-0.4, -0.2) is 23.3 Å². The van der Waals surface area contributed by atoms with Gasteiger partial charge in [0.05, 0.1) is 0 Å². The molecule has 0 radical (unpaired) electrons. The molecule has 1 rings (SSSR count). The molecule has 0 bridgehead atoms. The quantitative estimate of drug-likeness (QED) is 0.684. The van der Waals surface area contributed by atoms with Gasteiger partial charge in [-0.15, -0.1) is 0 Å². The maximum atomic E-state index is 12.2.